The average molecular weight is 205 g/mol. The minimum atomic E-state index is 0.940. The van der Waals surface area contributed by atoms with Gasteiger partial charge in [0.15, 0.2) is 0 Å². The van der Waals surface area contributed by atoms with Crippen molar-refractivity contribution < 1.29 is 4.84 Å². The van der Waals surface area contributed by atoms with E-state index in [1.807, 2.05) is 6.92 Å². The summed E-state index contributed by atoms with van der Waals surface area (Å²) in [6.45, 7) is 10.5. The highest BCUT2D eigenvalue weighted by molar-refractivity contribution is 6.01. The summed E-state index contributed by atoms with van der Waals surface area (Å²) >= 11 is 0. The fourth-order valence-corrected chi connectivity index (χ4v) is 2.02. The molecule has 0 aromatic heterocycles. The number of oxime groups is 1. The maximum atomic E-state index is 4.83. The molecule has 0 aliphatic carbocycles. The Morgan fingerprint density at radius 1 is 1.07 bits per heavy atom. The Balaban J connectivity index is 3.42. The zero-order valence-electron chi connectivity index (χ0n) is 10.4. The molecule has 0 atom stereocenters. The van der Waals surface area contributed by atoms with Crippen LogP contribution < -0.4 is 0 Å². The van der Waals surface area contributed by atoms with E-state index in [1.54, 1.807) is 7.11 Å². The first-order valence-corrected chi connectivity index (χ1v) is 5.14. The molecule has 15 heavy (non-hydrogen) atoms. The lowest BCUT2D eigenvalue weighted by Gasteiger charge is -2.14. The topological polar surface area (TPSA) is 21.6 Å². The number of rotatable bonds is 2. The molecule has 0 saturated carbocycles. The van der Waals surface area contributed by atoms with Gasteiger partial charge in [0.05, 0.1) is 5.71 Å². The van der Waals surface area contributed by atoms with Gasteiger partial charge in [-0.15, -0.1) is 0 Å². The summed E-state index contributed by atoms with van der Waals surface area (Å²) in [5, 5.41) is 4.00. The van der Waals surface area contributed by atoms with Crippen molar-refractivity contribution in [2.75, 3.05) is 7.11 Å². The van der Waals surface area contributed by atoms with Crippen LogP contribution in [0.3, 0.4) is 0 Å². The molecule has 0 fully saturated rings. The van der Waals surface area contributed by atoms with E-state index in [-0.39, 0.29) is 0 Å². The Hall–Kier alpha value is -1.31. The first kappa shape index (κ1) is 11.8. The van der Waals surface area contributed by atoms with Gasteiger partial charge in [-0.05, 0) is 56.9 Å². The van der Waals surface area contributed by atoms with Crippen LogP contribution in [0.25, 0.3) is 0 Å². The van der Waals surface area contributed by atoms with Crippen LogP contribution in [0.2, 0.25) is 0 Å². The average Bonchev–Trinajstić information content (AvgIpc) is 2.15. The quantitative estimate of drug-likeness (QED) is 0.536. The Morgan fingerprint density at radius 2 is 1.67 bits per heavy atom. The highest BCUT2D eigenvalue weighted by Gasteiger charge is 2.10. The summed E-state index contributed by atoms with van der Waals surface area (Å²) < 4.78 is 0. The second-order valence-corrected chi connectivity index (χ2v) is 3.99. The highest BCUT2D eigenvalue weighted by Crippen LogP contribution is 2.22. The number of hydrogen-bond acceptors (Lipinski definition) is 2. The van der Waals surface area contributed by atoms with Crippen molar-refractivity contribution in [3.63, 3.8) is 0 Å². The third-order valence-corrected chi connectivity index (χ3v) is 2.95. The lowest BCUT2D eigenvalue weighted by atomic mass is 9.92. The molecule has 1 aromatic carbocycles. The van der Waals surface area contributed by atoms with Gasteiger partial charge in [-0.1, -0.05) is 11.2 Å². The van der Waals surface area contributed by atoms with Crippen LogP contribution in [0.5, 0.6) is 0 Å². The minimum Gasteiger partial charge on any atom is -0.399 e. The molecule has 0 unspecified atom stereocenters. The van der Waals surface area contributed by atoms with Gasteiger partial charge in [0.2, 0.25) is 0 Å². The molecule has 0 radical (unpaired) electrons. The van der Waals surface area contributed by atoms with Crippen LogP contribution in [0.4, 0.5) is 0 Å². The number of hydrogen-bond donors (Lipinski definition) is 0. The fraction of sp³-hybridized carbons (Fsp3) is 0.462. The Kier molecular flexibility index (Phi) is 3.51. The molecule has 1 rings (SSSR count). The Labute approximate surface area is 91.9 Å². The van der Waals surface area contributed by atoms with Crippen LogP contribution in [0.1, 0.15) is 34.7 Å². The minimum absolute atomic E-state index is 0.940. The predicted octanol–water partition coefficient (Wildman–Crippen LogP) is 3.29. The molecule has 0 heterocycles. The summed E-state index contributed by atoms with van der Waals surface area (Å²) in [5.74, 6) is 0. The maximum absolute atomic E-state index is 4.83. The maximum Gasteiger partial charge on any atom is 0.106 e. The molecule has 2 heteroatoms. The van der Waals surface area contributed by atoms with Gasteiger partial charge < -0.3 is 4.84 Å². The van der Waals surface area contributed by atoms with Crippen molar-refractivity contribution >= 4 is 5.71 Å². The van der Waals surface area contributed by atoms with Crippen LogP contribution in [-0.2, 0) is 4.84 Å². The van der Waals surface area contributed by atoms with Crippen molar-refractivity contribution in [1.82, 2.24) is 0 Å². The van der Waals surface area contributed by atoms with Gasteiger partial charge in [0.25, 0.3) is 0 Å². The third kappa shape index (κ3) is 2.20. The van der Waals surface area contributed by atoms with Crippen LogP contribution in [0.15, 0.2) is 11.2 Å². The molecule has 0 spiro atoms. The van der Waals surface area contributed by atoms with E-state index in [0.717, 1.165) is 5.71 Å². The SMILES string of the molecule is CO/N=C(\C)c1c(C)cc(C)c(C)c1C. The smallest absolute Gasteiger partial charge is 0.106 e. The van der Waals surface area contributed by atoms with Crippen molar-refractivity contribution in [2.45, 2.75) is 34.6 Å². The summed E-state index contributed by atoms with van der Waals surface area (Å²) in [7, 11) is 1.58. The lowest BCUT2D eigenvalue weighted by Crippen LogP contribution is -2.05. The third-order valence-electron chi connectivity index (χ3n) is 2.95. The number of nitrogens with zero attached hydrogens (tertiary/aromatic N) is 1. The molecule has 0 aliphatic rings. The molecular formula is C13H19NO. The summed E-state index contributed by atoms with van der Waals surface area (Å²) in [4.78, 5) is 4.83. The molecule has 0 amide bonds. The monoisotopic (exact) mass is 205 g/mol. The first-order valence-electron chi connectivity index (χ1n) is 5.14. The molecule has 2 nitrogen and oxygen atoms in total. The largest absolute Gasteiger partial charge is 0.399 e. The van der Waals surface area contributed by atoms with Crippen molar-refractivity contribution in [3.8, 4) is 0 Å². The summed E-state index contributed by atoms with van der Waals surface area (Å²) in [5.41, 5.74) is 7.37. The van der Waals surface area contributed by atoms with E-state index in [4.69, 9.17) is 4.84 Å². The van der Waals surface area contributed by atoms with Crippen molar-refractivity contribution in [3.05, 3.63) is 33.9 Å². The normalized spacial score (nSPS) is 11.7. The first-order chi connectivity index (χ1) is 6.99. The highest BCUT2D eigenvalue weighted by atomic mass is 16.6. The zero-order chi connectivity index (χ0) is 11.6. The zero-order valence-corrected chi connectivity index (χ0v) is 10.4. The number of benzene rings is 1. The number of aryl methyl sites for hydroxylation is 2. The fourth-order valence-electron chi connectivity index (χ4n) is 2.02. The molecule has 1 aromatic rings. The Bertz CT molecular complexity index is 405. The van der Waals surface area contributed by atoms with Crippen molar-refractivity contribution in [2.24, 2.45) is 5.16 Å². The van der Waals surface area contributed by atoms with E-state index in [0.29, 0.717) is 0 Å². The molecule has 0 bridgehead atoms. The van der Waals surface area contributed by atoms with Crippen LogP contribution in [-0.4, -0.2) is 12.8 Å². The Morgan fingerprint density at radius 3 is 2.20 bits per heavy atom. The summed E-state index contributed by atoms with van der Waals surface area (Å²) in [6, 6.07) is 2.20. The van der Waals surface area contributed by atoms with Gasteiger partial charge in [-0.25, -0.2) is 0 Å². The molecule has 0 N–H and O–H groups in total. The van der Waals surface area contributed by atoms with Gasteiger partial charge >= 0.3 is 0 Å². The summed E-state index contributed by atoms with van der Waals surface area (Å²) in [6.07, 6.45) is 0. The predicted molar refractivity (Wildman–Crippen MR) is 64.6 cm³/mol. The van der Waals surface area contributed by atoms with E-state index in [9.17, 15) is 0 Å². The lowest BCUT2D eigenvalue weighted by molar-refractivity contribution is 0.213. The van der Waals surface area contributed by atoms with E-state index < -0.39 is 0 Å². The standard InChI is InChI=1S/C13H19NO/c1-8-7-9(2)13(11(4)10(8)3)12(5)14-15-6/h7H,1-6H3/b14-12+. The van der Waals surface area contributed by atoms with Gasteiger partial charge in [-0.3, -0.25) is 0 Å². The van der Waals surface area contributed by atoms with E-state index in [2.05, 4.69) is 38.9 Å². The van der Waals surface area contributed by atoms with Crippen LogP contribution >= 0.6 is 0 Å². The second-order valence-electron chi connectivity index (χ2n) is 3.99. The van der Waals surface area contributed by atoms with Gasteiger partial charge in [0.1, 0.15) is 7.11 Å². The second kappa shape index (κ2) is 4.47. The molecule has 82 valence electrons. The van der Waals surface area contributed by atoms with Gasteiger partial charge in [0, 0.05) is 5.56 Å². The van der Waals surface area contributed by atoms with Crippen molar-refractivity contribution in [1.29, 1.82) is 0 Å². The molecule has 0 aliphatic heterocycles. The van der Waals surface area contributed by atoms with Gasteiger partial charge in [-0.2, -0.15) is 0 Å². The molecular weight excluding hydrogens is 186 g/mol. The molecule has 0 saturated heterocycles. The van der Waals surface area contributed by atoms with E-state index in [1.165, 1.54) is 27.8 Å². The van der Waals surface area contributed by atoms with Crippen LogP contribution in [0, 0.1) is 27.7 Å². The van der Waals surface area contributed by atoms with E-state index >= 15 is 0 Å².